The van der Waals surface area contributed by atoms with Crippen LogP contribution in [0.5, 0.6) is 5.88 Å². The Hall–Kier alpha value is -3.28. The van der Waals surface area contributed by atoms with Crippen molar-refractivity contribution in [3.8, 4) is 17.3 Å². The van der Waals surface area contributed by atoms with Crippen LogP contribution in [-0.4, -0.2) is 30.1 Å². The molecule has 0 radical (unpaired) electrons. The second-order valence-electron chi connectivity index (χ2n) is 5.14. The monoisotopic (exact) mass is 303 g/mol. The van der Waals surface area contributed by atoms with Crippen molar-refractivity contribution < 1.29 is 5.11 Å². The highest BCUT2D eigenvalue weighted by molar-refractivity contribution is 5.77. The molecule has 0 atom stereocenters. The van der Waals surface area contributed by atoms with Gasteiger partial charge in [0.1, 0.15) is 0 Å². The summed E-state index contributed by atoms with van der Waals surface area (Å²) in [6, 6.07) is 19.4. The number of rotatable bonds is 3. The standard InChI is InChI=1S/C17H13N5O/c23-17-14-16(18-15(19-17)13-9-5-2-6-10-13)22(21-20-14)11-12-7-3-1-4-8-12/h1-10H,11H2,(H,18,19,23). The molecule has 2 aromatic heterocycles. The lowest BCUT2D eigenvalue weighted by Gasteiger charge is -2.04. The molecule has 112 valence electrons. The lowest BCUT2D eigenvalue weighted by Crippen LogP contribution is -2.03. The van der Waals surface area contributed by atoms with E-state index in [9.17, 15) is 5.11 Å². The Kier molecular flexibility index (Phi) is 3.20. The highest BCUT2D eigenvalue weighted by atomic mass is 16.3. The number of nitrogens with zero attached hydrogens (tertiary/aromatic N) is 5. The molecule has 0 bridgehead atoms. The van der Waals surface area contributed by atoms with Crippen LogP contribution in [0.3, 0.4) is 0 Å². The zero-order chi connectivity index (χ0) is 15.6. The summed E-state index contributed by atoms with van der Waals surface area (Å²) in [6.07, 6.45) is 0. The van der Waals surface area contributed by atoms with E-state index >= 15 is 0 Å². The average Bonchev–Trinajstić information content (AvgIpc) is 3.00. The Morgan fingerprint density at radius 3 is 2.30 bits per heavy atom. The van der Waals surface area contributed by atoms with Gasteiger partial charge in [-0.15, -0.1) is 5.10 Å². The Morgan fingerprint density at radius 1 is 0.870 bits per heavy atom. The average molecular weight is 303 g/mol. The first kappa shape index (κ1) is 13.4. The molecule has 0 fully saturated rings. The summed E-state index contributed by atoms with van der Waals surface area (Å²) < 4.78 is 1.67. The van der Waals surface area contributed by atoms with Gasteiger partial charge in [-0.05, 0) is 5.56 Å². The largest absolute Gasteiger partial charge is 0.492 e. The van der Waals surface area contributed by atoms with Gasteiger partial charge in [0.2, 0.25) is 5.88 Å². The Bertz CT molecular complexity index is 951. The first-order chi connectivity index (χ1) is 11.3. The van der Waals surface area contributed by atoms with Crippen LogP contribution < -0.4 is 0 Å². The van der Waals surface area contributed by atoms with E-state index in [0.29, 0.717) is 23.5 Å². The summed E-state index contributed by atoms with van der Waals surface area (Å²) >= 11 is 0. The molecule has 6 nitrogen and oxygen atoms in total. The third-order valence-electron chi connectivity index (χ3n) is 3.55. The zero-order valence-electron chi connectivity index (χ0n) is 12.2. The van der Waals surface area contributed by atoms with Gasteiger partial charge in [-0.3, -0.25) is 0 Å². The third-order valence-corrected chi connectivity index (χ3v) is 3.55. The van der Waals surface area contributed by atoms with Crippen molar-refractivity contribution in [3.63, 3.8) is 0 Å². The van der Waals surface area contributed by atoms with Crippen LogP contribution in [0, 0.1) is 0 Å². The van der Waals surface area contributed by atoms with Crippen molar-refractivity contribution in [2.24, 2.45) is 0 Å². The first-order valence-corrected chi connectivity index (χ1v) is 7.21. The van der Waals surface area contributed by atoms with Crippen molar-refractivity contribution in [3.05, 3.63) is 66.2 Å². The number of hydrogen-bond donors (Lipinski definition) is 1. The maximum atomic E-state index is 10.1. The smallest absolute Gasteiger partial charge is 0.245 e. The van der Waals surface area contributed by atoms with E-state index in [-0.39, 0.29) is 5.88 Å². The maximum absolute atomic E-state index is 10.1. The summed E-state index contributed by atoms with van der Waals surface area (Å²) in [5.41, 5.74) is 2.73. The van der Waals surface area contributed by atoms with Crippen LogP contribution in [0.25, 0.3) is 22.6 Å². The Balaban J connectivity index is 1.82. The van der Waals surface area contributed by atoms with Crippen molar-refractivity contribution in [1.82, 2.24) is 25.0 Å². The van der Waals surface area contributed by atoms with E-state index in [1.165, 1.54) is 0 Å². The second kappa shape index (κ2) is 5.49. The van der Waals surface area contributed by atoms with E-state index in [2.05, 4.69) is 20.3 Å². The first-order valence-electron chi connectivity index (χ1n) is 7.21. The molecule has 2 heterocycles. The molecule has 23 heavy (non-hydrogen) atoms. The maximum Gasteiger partial charge on any atom is 0.245 e. The Labute approximate surface area is 132 Å². The lowest BCUT2D eigenvalue weighted by molar-refractivity contribution is 0.458. The fraction of sp³-hybridized carbons (Fsp3) is 0.0588. The Morgan fingerprint density at radius 2 is 1.57 bits per heavy atom. The molecule has 0 spiro atoms. The van der Waals surface area contributed by atoms with E-state index < -0.39 is 0 Å². The molecule has 0 saturated carbocycles. The molecule has 4 aromatic rings. The lowest BCUT2D eigenvalue weighted by atomic mass is 10.2. The molecule has 1 N–H and O–H groups in total. The molecular formula is C17H13N5O. The van der Waals surface area contributed by atoms with E-state index in [0.717, 1.165) is 11.1 Å². The summed E-state index contributed by atoms with van der Waals surface area (Å²) in [6.45, 7) is 0.530. The number of fused-ring (bicyclic) bond motifs is 1. The van der Waals surface area contributed by atoms with Gasteiger partial charge in [-0.1, -0.05) is 65.9 Å². The van der Waals surface area contributed by atoms with Crippen molar-refractivity contribution in [1.29, 1.82) is 0 Å². The molecule has 0 aliphatic carbocycles. The van der Waals surface area contributed by atoms with Crippen LogP contribution in [0.1, 0.15) is 5.56 Å². The summed E-state index contributed by atoms with van der Waals surface area (Å²) in [5, 5.41) is 18.2. The molecule has 0 amide bonds. The number of benzene rings is 2. The van der Waals surface area contributed by atoms with Crippen molar-refractivity contribution in [2.75, 3.05) is 0 Å². The van der Waals surface area contributed by atoms with Crippen molar-refractivity contribution in [2.45, 2.75) is 6.54 Å². The van der Waals surface area contributed by atoms with Gasteiger partial charge >= 0.3 is 0 Å². The highest BCUT2D eigenvalue weighted by Crippen LogP contribution is 2.24. The molecule has 2 aromatic carbocycles. The van der Waals surface area contributed by atoms with E-state index in [1.54, 1.807) is 4.68 Å². The fourth-order valence-corrected chi connectivity index (χ4v) is 2.42. The minimum absolute atomic E-state index is 0.159. The SMILES string of the molecule is Oc1nc(-c2ccccc2)nc2c1nnn2Cc1ccccc1. The highest BCUT2D eigenvalue weighted by Gasteiger charge is 2.15. The van der Waals surface area contributed by atoms with E-state index in [4.69, 9.17) is 0 Å². The van der Waals surface area contributed by atoms with Gasteiger partial charge < -0.3 is 5.11 Å². The normalized spacial score (nSPS) is 11.0. The number of aromatic hydroxyl groups is 1. The molecule has 6 heteroatoms. The fourth-order valence-electron chi connectivity index (χ4n) is 2.42. The van der Waals surface area contributed by atoms with Crippen LogP contribution in [-0.2, 0) is 6.54 Å². The van der Waals surface area contributed by atoms with Gasteiger partial charge in [0.25, 0.3) is 0 Å². The summed E-state index contributed by atoms with van der Waals surface area (Å²) in [5.74, 6) is 0.292. The zero-order valence-corrected chi connectivity index (χ0v) is 12.2. The van der Waals surface area contributed by atoms with Crippen LogP contribution in [0.4, 0.5) is 0 Å². The number of aromatic nitrogens is 5. The topological polar surface area (TPSA) is 76.7 Å². The van der Waals surface area contributed by atoms with Gasteiger partial charge in [0, 0.05) is 5.56 Å². The molecule has 0 unspecified atom stereocenters. The predicted molar refractivity (Wildman–Crippen MR) is 85.8 cm³/mol. The van der Waals surface area contributed by atoms with Crippen LogP contribution in [0.2, 0.25) is 0 Å². The van der Waals surface area contributed by atoms with Crippen LogP contribution in [0.15, 0.2) is 60.7 Å². The molecular weight excluding hydrogens is 290 g/mol. The minimum atomic E-state index is -0.159. The van der Waals surface area contributed by atoms with Crippen LogP contribution >= 0.6 is 0 Å². The predicted octanol–water partition coefficient (Wildman–Crippen LogP) is 2.64. The second-order valence-corrected chi connectivity index (χ2v) is 5.14. The van der Waals surface area contributed by atoms with Gasteiger partial charge in [0.05, 0.1) is 6.54 Å². The number of hydrogen-bond acceptors (Lipinski definition) is 5. The quantitative estimate of drug-likeness (QED) is 0.629. The summed E-state index contributed by atoms with van der Waals surface area (Å²) in [7, 11) is 0. The molecule has 0 aliphatic heterocycles. The van der Waals surface area contributed by atoms with Gasteiger partial charge in [0.15, 0.2) is 17.0 Å². The molecule has 0 saturated heterocycles. The summed E-state index contributed by atoms with van der Waals surface area (Å²) in [4.78, 5) is 8.65. The third kappa shape index (κ3) is 2.50. The molecule has 0 aliphatic rings. The van der Waals surface area contributed by atoms with Gasteiger partial charge in [-0.2, -0.15) is 4.98 Å². The minimum Gasteiger partial charge on any atom is -0.492 e. The van der Waals surface area contributed by atoms with Gasteiger partial charge in [-0.25, -0.2) is 9.67 Å². The van der Waals surface area contributed by atoms with Crippen molar-refractivity contribution >= 4 is 11.2 Å². The molecule has 4 rings (SSSR count). The van der Waals surface area contributed by atoms with E-state index in [1.807, 2.05) is 60.7 Å².